The van der Waals surface area contributed by atoms with Crippen molar-refractivity contribution in [3.63, 3.8) is 0 Å². The molecule has 0 bridgehead atoms. The summed E-state index contributed by atoms with van der Waals surface area (Å²) in [5.41, 5.74) is 0. The zero-order chi connectivity index (χ0) is 11.5. The molecule has 0 aromatic carbocycles. The van der Waals surface area contributed by atoms with Crippen LogP contribution in [-0.2, 0) is 4.79 Å². The SMILES string of the molecule is CC1CN(C(=O)[C@H]2CCCCN2)CCN1C. The number of hydrogen-bond donors (Lipinski definition) is 1. The van der Waals surface area contributed by atoms with Crippen LogP contribution in [0.2, 0.25) is 0 Å². The molecule has 2 rings (SSSR count). The molecule has 1 unspecified atom stereocenters. The Hall–Kier alpha value is -0.610. The predicted molar refractivity (Wildman–Crippen MR) is 64.3 cm³/mol. The Morgan fingerprint density at radius 1 is 1.31 bits per heavy atom. The van der Waals surface area contributed by atoms with Crippen LogP contribution in [0.5, 0.6) is 0 Å². The molecule has 0 aromatic heterocycles. The van der Waals surface area contributed by atoms with Gasteiger partial charge in [-0.15, -0.1) is 0 Å². The molecule has 0 saturated carbocycles. The fourth-order valence-corrected chi connectivity index (χ4v) is 2.53. The van der Waals surface area contributed by atoms with Crippen molar-refractivity contribution in [2.24, 2.45) is 0 Å². The summed E-state index contributed by atoms with van der Waals surface area (Å²) in [6.07, 6.45) is 3.41. The summed E-state index contributed by atoms with van der Waals surface area (Å²) < 4.78 is 0. The predicted octanol–water partition coefficient (Wildman–Crippen LogP) is 0.291. The molecule has 0 spiro atoms. The smallest absolute Gasteiger partial charge is 0.239 e. The minimum absolute atomic E-state index is 0.0874. The van der Waals surface area contributed by atoms with E-state index in [0.29, 0.717) is 11.9 Å². The summed E-state index contributed by atoms with van der Waals surface area (Å²) >= 11 is 0. The third-order valence-electron chi connectivity index (χ3n) is 3.88. The van der Waals surface area contributed by atoms with Gasteiger partial charge in [-0.25, -0.2) is 0 Å². The van der Waals surface area contributed by atoms with Gasteiger partial charge in [-0.3, -0.25) is 4.79 Å². The van der Waals surface area contributed by atoms with Crippen molar-refractivity contribution in [2.45, 2.75) is 38.3 Å². The zero-order valence-corrected chi connectivity index (χ0v) is 10.4. The number of nitrogens with one attached hydrogen (secondary N) is 1. The maximum absolute atomic E-state index is 12.3. The number of piperidine rings is 1. The minimum atomic E-state index is 0.0874. The lowest BCUT2D eigenvalue weighted by Gasteiger charge is -2.39. The van der Waals surface area contributed by atoms with Crippen molar-refractivity contribution in [1.29, 1.82) is 0 Å². The Labute approximate surface area is 98.0 Å². The van der Waals surface area contributed by atoms with Crippen molar-refractivity contribution in [3.05, 3.63) is 0 Å². The number of amides is 1. The van der Waals surface area contributed by atoms with E-state index in [2.05, 4.69) is 24.2 Å². The number of nitrogens with zero attached hydrogens (tertiary/aromatic N) is 2. The van der Waals surface area contributed by atoms with E-state index >= 15 is 0 Å². The molecule has 2 saturated heterocycles. The number of carbonyl (C=O) groups is 1. The highest BCUT2D eigenvalue weighted by Gasteiger charge is 2.29. The van der Waals surface area contributed by atoms with Crippen LogP contribution >= 0.6 is 0 Å². The Bertz CT molecular complexity index is 251. The molecular formula is C12H23N3O. The highest BCUT2D eigenvalue weighted by molar-refractivity contribution is 5.82. The third-order valence-corrected chi connectivity index (χ3v) is 3.88. The van der Waals surface area contributed by atoms with Gasteiger partial charge in [-0.05, 0) is 33.4 Å². The molecule has 0 aliphatic carbocycles. The van der Waals surface area contributed by atoms with E-state index in [1.165, 1.54) is 12.8 Å². The van der Waals surface area contributed by atoms with Crippen molar-refractivity contribution in [1.82, 2.24) is 15.1 Å². The maximum Gasteiger partial charge on any atom is 0.239 e. The van der Waals surface area contributed by atoms with Crippen LogP contribution in [-0.4, -0.2) is 61.0 Å². The highest BCUT2D eigenvalue weighted by atomic mass is 16.2. The summed E-state index contributed by atoms with van der Waals surface area (Å²) in [6, 6.07) is 0.575. The number of hydrogen-bond acceptors (Lipinski definition) is 3. The Morgan fingerprint density at radius 3 is 2.75 bits per heavy atom. The van der Waals surface area contributed by atoms with Crippen molar-refractivity contribution >= 4 is 5.91 Å². The maximum atomic E-state index is 12.3. The standard InChI is InChI=1S/C12H23N3O/c1-10-9-15(8-7-14(10)2)12(16)11-5-3-4-6-13-11/h10-11,13H,3-9H2,1-2H3/t10?,11-/m1/s1. The molecule has 0 radical (unpaired) electrons. The van der Waals surface area contributed by atoms with E-state index in [4.69, 9.17) is 0 Å². The van der Waals surface area contributed by atoms with Gasteiger partial charge >= 0.3 is 0 Å². The number of piperazine rings is 1. The lowest BCUT2D eigenvalue weighted by atomic mass is 10.0. The molecule has 2 atom stereocenters. The molecule has 2 fully saturated rings. The van der Waals surface area contributed by atoms with Gasteiger partial charge in [-0.2, -0.15) is 0 Å². The molecule has 2 aliphatic heterocycles. The highest BCUT2D eigenvalue weighted by Crippen LogP contribution is 2.13. The second kappa shape index (κ2) is 5.15. The monoisotopic (exact) mass is 225 g/mol. The van der Waals surface area contributed by atoms with Crippen LogP contribution in [0.3, 0.4) is 0 Å². The molecule has 0 aromatic rings. The Kier molecular flexibility index (Phi) is 3.82. The fourth-order valence-electron chi connectivity index (χ4n) is 2.53. The first-order valence-electron chi connectivity index (χ1n) is 6.41. The lowest BCUT2D eigenvalue weighted by Crippen LogP contribution is -2.57. The third kappa shape index (κ3) is 2.55. The quantitative estimate of drug-likeness (QED) is 0.697. The van der Waals surface area contributed by atoms with Crippen LogP contribution in [0, 0.1) is 0 Å². The second-order valence-corrected chi connectivity index (χ2v) is 5.12. The fraction of sp³-hybridized carbons (Fsp3) is 0.917. The van der Waals surface area contributed by atoms with Crippen LogP contribution in [0.4, 0.5) is 0 Å². The molecule has 4 nitrogen and oxygen atoms in total. The van der Waals surface area contributed by atoms with E-state index in [1.54, 1.807) is 0 Å². The molecule has 2 heterocycles. The molecular weight excluding hydrogens is 202 g/mol. The minimum Gasteiger partial charge on any atom is -0.339 e. The lowest BCUT2D eigenvalue weighted by molar-refractivity contribution is -0.136. The summed E-state index contributed by atoms with van der Waals surface area (Å²) in [6.45, 7) is 5.96. The van der Waals surface area contributed by atoms with Crippen LogP contribution in [0.1, 0.15) is 26.2 Å². The van der Waals surface area contributed by atoms with Crippen LogP contribution in [0.15, 0.2) is 0 Å². The number of rotatable bonds is 1. The van der Waals surface area contributed by atoms with Gasteiger partial charge in [-0.1, -0.05) is 6.42 Å². The largest absolute Gasteiger partial charge is 0.339 e. The topological polar surface area (TPSA) is 35.6 Å². The Morgan fingerprint density at radius 2 is 2.12 bits per heavy atom. The first-order valence-corrected chi connectivity index (χ1v) is 6.41. The van der Waals surface area contributed by atoms with Gasteiger partial charge in [0.15, 0.2) is 0 Å². The number of likely N-dealkylation sites (N-methyl/N-ethyl adjacent to an activating group) is 1. The van der Waals surface area contributed by atoms with Gasteiger partial charge in [0.25, 0.3) is 0 Å². The van der Waals surface area contributed by atoms with Crippen LogP contribution < -0.4 is 5.32 Å². The van der Waals surface area contributed by atoms with E-state index in [1.807, 2.05) is 4.90 Å². The van der Waals surface area contributed by atoms with Gasteiger partial charge in [0.05, 0.1) is 6.04 Å². The van der Waals surface area contributed by atoms with Crippen molar-refractivity contribution in [3.8, 4) is 0 Å². The van der Waals surface area contributed by atoms with Crippen molar-refractivity contribution < 1.29 is 4.79 Å². The second-order valence-electron chi connectivity index (χ2n) is 5.12. The molecule has 2 aliphatic rings. The van der Waals surface area contributed by atoms with E-state index in [0.717, 1.165) is 32.6 Å². The summed E-state index contributed by atoms with van der Waals surface area (Å²) in [7, 11) is 2.13. The van der Waals surface area contributed by atoms with Gasteiger partial charge in [0, 0.05) is 25.7 Å². The first kappa shape index (κ1) is 11.9. The van der Waals surface area contributed by atoms with E-state index in [9.17, 15) is 4.79 Å². The van der Waals surface area contributed by atoms with Gasteiger partial charge in [0.1, 0.15) is 0 Å². The van der Waals surface area contributed by atoms with Crippen LogP contribution in [0.25, 0.3) is 0 Å². The summed E-state index contributed by atoms with van der Waals surface area (Å²) in [5.74, 6) is 0.319. The summed E-state index contributed by atoms with van der Waals surface area (Å²) in [4.78, 5) is 16.6. The molecule has 1 N–H and O–H groups in total. The van der Waals surface area contributed by atoms with E-state index < -0.39 is 0 Å². The van der Waals surface area contributed by atoms with E-state index in [-0.39, 0.29) is 6.04 Å². The normalized spacial score (nSPS) is 32.8. The van der Waals surface area contributed by atoms with Gasteiger partial charge < -0.3 is 15.1 Å². The molecule has 16 heavy (non-hydrogen) atoms. The molecule has 4 heteroatoms. The van der Waals surface area contributed by atoms with Crippen molar-refractivity contribution in [2.75, 3.05) is 33.2 Å². The Balaban J connectivity index is 1.89. The average molecular weight is 225 g/mol. The van der Waals surface area contributed by atoms with Gasteiger partial charge in [0.2, 0.25) is 5.91 Å². The number of carbonyl (C=O) groups excluding carboxylic acids is 1. The first-order chi connectivity index (χ1) is 7.68. The summed E-state index contributed by atoms with van der Waals surface area (Å²) in [5, 5.41) is 3.34. The molecule has 92 valence electrons. The zero-order valence-electron chi connectivity index (χ0n) is 10.4. The average Bonchev–Trinajstić information content (AvgIpc) is 2.33. The molecule has 1 amide bonds.